The van der Waals surface area contributed by atoms with E-state index in [9.17, 15) is 4.79 Å². The van der Waals surface area contributed by atoms with Crippen LogP contribution in [0.5, 0.6) is 0 Å². The molecule has 1 unspecified atom stereocenters. The van der Waals surface area contributed by atoms with Gasteiger partial charge >= 0.3 is 0 Å². The molecule has 0 radical (unpaired) electrons. The second-order valence-electron chi connectivity index (χ2n) is 4.71. The predicted molar refractivity (Wildman–Crippen MR) is 85.5 cm³/mol. The van der Waals surface area contributed by atoms with Crippen LogP contribution >= 0.6 is 31.9 Å². The summed E-state index contributed by atoms with van der Waals surface area (Å²) in [6.07, 6.45) is 3.00. The molecule has 1 N–H and O–H groups in total. The van der Waals surface area contributed by atoms with Crippen LogP contribution in [0.4, 0.5) is 5.69 Å². The average molecular weight is 390 g/mol. The quantitative estimate of drug-likeness (QED) is 0.851. The highest BCUT2D eigenvalue weighted by Gasteiger charge is 2.30. The summed E-state index contributed by atoms with van der Waals surface area (Å²) in [5.74, 6) is 0.173. The number of nitrogens with one attached hydrogen (secondary N) is 1. The van der Waals surface area contributed by atoms with Crippen LogP contribution in [0.2, 0.25) is 0 Å². The molecule has 1 fully saturated rings. The number of nitrogens with zero attached hydrogens (tertiary/aromatic N) is 1. The SMILES string of the molecule is CCCNC1CCCN(c2c(Br)cccc2Br)C1=O. The Hall–Kier alpha value is -0.390. The van der Waals surface area contributed by atoms with Gasteiger partial charge in [0.25, 0.3) is 0 Å². The van der Waals surface area contributed by atoms with Crippen molar-refractivity contribution in [1.82, 2.24) is 5.32 Å². The lowest BCUT2D eigenvalue weighted by atomic mass is 10.0. The lowest BCUT2D eigenvalue weighted by Crippen LogP contribution is -2.51. The minimum absolute atomic E-state index is 0.0484. The number of anilines is 1. The fourth-order valence-electron chi connectivity index (χ4n) is 2.35. The Kier molecular flexibility index (Phi) is 5.42. The molecule has 19 heavy (non-hydrogen) atoms. The summed E-state index contributed by atoms with van der Waals surface area (Å²) in [4.78, 5) is 14.4. The fraction of sp³-hybridized carbons (Fsp3) is 0.500. The first kappa shape index (κ1) is 15.0. The number of benzene rings is 1. The number of halogens is 2. The number of piperidine rings is 1. The van der Waals surface area contributed by atoms with Crippen molar-refractivity contribution in [1.29, 1.82) is 0 Å². The molecule has 1 saturated heterocycles. The normalized spacial score (nSPS) is 19.8. The van der Waals surface area contributed by atoms with Crippen molar-refractivity contribution in [2.75, 3.05) is 18.0 Å². The van der Waals surface area contributed by atoms with Gasteiger partial charge in [0.05, 0.1) is 11.7 Å². The minimum Gasteiger partial charge on any atom is -0.309 e. The van der Waals surface area contributed by atoms with E-state index in [0.717, 1.165) is 47.0 Å². The van der Waals surface area contributed by atoms with Gasteiger partial charge in [-0.2, -0.15) is 0 Å². The molecule has 3 nitrogen and oxygen atoms in total. The zero-order chi connectivity index (χ0) is 13.8. The van der Waals surface area contributed by atoms with Crippen LogP contribution in [0.25, 0.3) is 0 Å². The monoisotopic (exact) mass is 388 g/mol. The Labute approximate surface area is 131 Å². The summed E-state index contributed by atoms with van der Waals surface area (Å²) < 4.78 is 1.90. The van der Waals surface area contributed by atoms with Gasteiger partial charge in [-0.05, 0) is 69.8 Å². The minimum atomic E-state index is -0.0484. The van der Waals surface area contributed by atoms with Crippen LogP contribution in [0.1, 0.15) is 26.2 Å². The second-order valence-corrected chi connectivity index (χ2v) is 6.42. The fourth-order valence-corrected chi connectivity index (χ4v) is 3.78. The molecule has 1 heterocycles. The predicted octanol–water partition coefficient (Wildman–Crippen LogP) is 3.71. The van der Waals surface area contributed by atoms with Crippen molar-refractivity contribution in [2.45, 2.75) is 32.2 Å². The molecule has 0 aromatic heterocycles. The third-order valence-corrected chi connectivity index (χ3v) is 4.57. The van der Waals surface area contributed by atoms with Gasteiger partial charge in [-0.1, -0.05) is 13.0 Å². The Bertz CT molecular complexity index is 445. The lowest BCUT2D eigenvalue weighted by molar-refractivity contribution is -0.121. The van der Waals surface area contributed by atoms with Crippen LogP contribution in [0, 0.1) is 0 Å². The highest BCUT2D eigenvalue weighted by Crippen LogP contribution is 2.35. The second kappa shape index (κ2) is 6.86. The number of carbonyl (C=O) groups excluding carboxylic acids is 1. The van der Waals surface area contributed by atoms with Crippen molar-refractivity contribution in [3.05, 3.63) is 27.1 Å². The van der Waals surface area contributed by atoms with Gasteiger partial charge in [-0.3, -0.25) is 4.79 Å². The molecule has 2 rings (SSSR count). The molecule has 0 aliphatic carbocycles. The number of hydrogen-bond acceptors (Lipinski definition) is 2. The number of rotatable bonds is 4. The molecule has 5 heteroatoms. The summed E-state index contributed by atoms with van der Waals surface area (Å²) in [7, 11) is 0. The Morgan fingerprint density at radius 3 is 2.68 bits per heavy atom. The van der Waals surface area contributed by atoms with Crippen molar-refractivity contribution in [3.8, 4) is 0 Å². The van der Waals surface area contributed by atoms with Gasteiger partial charge in [0.15, 0.2) is 0 Å². The van der Waals surface area contributed by atoms with E-state index < -0.39 is 0 Å². The molecule has 1 aromatic carbocycles. The lowest BCUT2D eigenvalue weighted by Gasteiger charge is -2.34. The Balaban J connectivity index is 2.22. The standard InChI is InChI=1S/C14H18Br2N2O/c1-2-8-17-12-7-4-9-18(14(12)19)13-10(15)5-3-6-11(13)16/h3,5-6,12,17H,2,4,7-9H2,1H3. The van der Waals surface area contributed by atoms with Gasteiger partial charge in [-0.15, -0.1) is 0 Å². The third-order valence-electron chi connectivity index (χ3n) is 3.29. The average Bonchev–Trinajstić information content (AvgIpc) is 2.39. The summed E-state index contributed by atoms with van der Waals surface area (Å²) in [5, 5.41) is 3.34. The number of para-hydroxylation sites is 1. The van der Waals surface area contributed by atoms with Crippen LogP contribution in [-0.4, -0.2) is 25.0 Å². The van der Waals surface area contributed by atoms with E-state index in [0.29, 0.717) is 0 Å². The maximum Gasteiger partial charge on any atom is 0.244 e. The van der Waals surface area contributed by atoms with E-state index in [1.165, 1.54) is 0 Å². The van der Waals surface area contributed by atoms with E-state index in [1.807, 2.05) is 23.1 Å². The zero-order valence-electron chi connectivity index (χ0n) is 11.0. The molecule has 1 aliphatic heterocycles. The van der Waals surface area contributed by atoms with E-state index in [1.54, 1.807) is 0 Å². The largest absolute Gasteiger partial charge is 0.309 e. The molecular weight excluding hydrogens is 372 g/mol. The molecule has 0 spiro atoms. The van der Waals surface area contributed by atoms with E-state index in [2.05, 4.69) is 44.1 Å². The summed E-state index contributed by atoms with van der Waals surface area (Å²) in [6, 6.07) is 5.85. The Morgan fingerprint density at radius 2 is 2.05 bits per heavy atom. The maximum atomic E-state index is 12.6. The van der Waals surface area contributed by atoms with Crippen molar-refractivity contribution >= 4 is 43.5 Å². The first-order valence-electron chi connectivity index (χ1n) is 6.64. The topological polar surface area (TPSA) is 32.3 Å². The highest BCUT2D eigenvalue weighted by molar-refractivity contribution is 9.11. The van der Waals surface area contributed by atoms with Crippen LogP contribution in [0.15, 0.2) is 27.1 Å². The van der Waals surface area contributed by atoms with Gasteiger partial charge in [-0.25, -0.2) is 0 Å². The zero-order valence-corrected chi connectivity index (χ0v) is 14.1. The smallest absolute Gasteiger partial charge is 0.244 e. The first-order chi connectivity index (χ1) is 9.15. The molecule has 1 amide bonds. The van der Waals surface area contributed by atoms with Crippen molar-refractivity contribution in [2.24, 2.45) is 0 Å². The molecule has 104 valence electrons. The summed E-state index contributed by atoms with van der Waals surface area (Å²) in [6.45, 7) is 3.79. The van der Waals surface area contributed by atoms with Gasteiger partial charge in [0, 0.05) is 15.5 Å². The van der Waals surface area contributed by atoms with Gasteiger partial charge in [0.1, 0.15) is 0 Å². The number of carbonyl (C=O) groups is 1. The number of amides is 1. The van der Waals surface area contributed by atoms with Crippen molar-refractivity contribution in [3.63, 3.8) is 0 Å². The van der Waals surface area contributed by atoms with E-state index in [-0.39, 0.29) is 11.9 Å². The molecule has 1 aliphatic rings. The van der Waals surface area contributed by atoms with Crippen LogP contribution in [0.3, 0.4) is 0 Å². The first-order valence-corrected chi connectivity index (χ1v) is 8.22. The molecule has 0 bridgehead atoms. The maximum absolute atomic E-state index is 12.6. The highest BCUT2D eigenvalue weighted by atomic mass is 79.9. The molecule has 0 saturated carbocycles. The van der Waals surface area contributed by atoms with Crippen molar-refractivity contribution < 1.29 is 4.79 Å². The van der Waals surface area contributed by atoms with E-state index in [4.69, 9.17) is 0 Å². The van der Waals surface area contributed by atoms with Gasteiger partial charge in [0.2, 0.25) is 5.91 Å². The third kappa shape index (κ3) is 3.38. The Morgan fingerprint density at radius 1 is 1.37 bits per heavy atom. The molecule has 1 atom stereocenters. The van der Waals surface area contributed by atoms with Gasteiger partial charge < -0.3 is 10.2 Å². The summed E-state index contributed by atoms with van der Waals surface area (Å²) in [5.41, 5.74) is 0.940. The molecular formula is C14H18Br2N2O. The number of hydrogen-bond donors (Lipinski definition) is 1. The molecule has 1 aromatic rings. The van der Waals surface area contributed by atoms with E-state index >= 15 is 0 Å². The van der Waals surface area contributed by atoms with Crippen LogP contribution in [-0.2, 0) is 4.79 Å². The van der Waals surface area contributed by atoms with Crippen LogP contribution < -0.4 is 10.2 Å². The summed E-state index contributed by atoms with van der Waals surface area (Å²) >= 11 is 7.08.